The highest BCUT2D eigenvalue weighted by atomic mass is 16.7. The molecule has 3 heterocycles. The van der Waals surface area contributed by atoms with Crippen molar-refractivity contribution < 1.29 is 79.5 Å². The van der Waals surface area contributed by atoms with Gasteiger partial charge in [0.05, 0.1) is 26.4 Å². The molecule has 0 aromatic heterocycles. The monoisotopic (exact) mass is 547 g/mol. The SMILES string of the molecule is NCCO[C@H]1O[C@H](CO[C@H]2O[C@H](CO)[C@@H](O)[C@H](O)[C@@H]2O)[C@@H](O)[C@H](O[C@@H]2O[C@H](CO)[C@@H](O)[C@H](O)[C@@H]2O)[C@@H]1O. The third-order valence-electron chi connectivity index (χ3n) is 6.45. The molecule has 3 saturated heterocycles. The van der Waals surface area contributed by atoms with Crippen LogP contribution >= 0.6 is 0 Å². The fraction of sp³-hybridized carbons (Fsp3) is 1.00. The Morgan fingerprint density at radius 3 is 1.57 bits per heavy atom. The Kier molecular flexibility index (Phi) is 11.3. The van der Waals surface area contributed by atoms with E-state index in [0.29, 0.717) is 0 Å². The van der Waals surface area contributed by atoms with E-state index in [1.807, 2.05) is 0 Å². The maximum absolute atomic E-state index is 10.9. The maximum Gasteiger partial charge on any atom is 0.187 e. The first kappa shape index (κ1) is 30.9. The van der Waals surface area contributed by atoms with Crippen molar-refractivity contribution in [2.75, 3.05) is 33.0 Å². The minimum absolute atomic E-state index is 0.0411. The van der Waals surface area contributed by atoms with E-state index in [4.69, 9.17) is 34.2 Å². The number of rotatable bonds is 10. The van der Waals surface area contributed by atoms with E-state index in [1.165, 1.54) is 0 Å². The molecule has 15 atom stereocenters. The van der Waals surface area contributed by atoms with Crippen molar-refractivity contribution >= 4 is 0 Å². The molecule has 17 heteroatoms. The summed E-state index contributed by atoms with van der Waals surface area (Å²) in [5, 5.41) is 101. The lowest BCUT2D eigenvalue weighted by atomic mass is 9.96. The Labute approximate surface area is 211 Å². The van der Waals surface area contributed by atoms with Gasteiger partial charge in [-0.15, -0.1) is 0 Å². The molecule has 0 saturated carbocycles. The first-order valence-corrected chi connectivity index (χ1v) is 11.8. The molecular formula is C20H37NO16. The second-order valence-electron chi connectivity index (χ2n) is 9.01. The predicted molar refractivity (Wildman–Crippen MR) is 114 cm³/mol. The predicted octanol–water partition coefficient (Wildman–Crippen LogP) is -7.59. The third kappa shape index (κ3) is 6.73. The molecule has 3 rings (SSSR count). The van der Waals surface area contributed by atoms with Crippen LogP contribution in [0.15, 0.2) is 0 Å². The summed E-state index contributed by atoms with van der Waals surface area (Å²) in [6.07, 6.45) is -23.9. The zero-order chi connectivity index (χ0) is 27.4. The van der Waals surface area contributed by atoms with Crippen LogP contribution in [0.25, 0.3) is 0 Å². The van der Waals surface area contributed by atoms with Crippen molar-refractivity contribution in [3.63, 3.8) is 0 Å². The van der Waals surface area contributed by atoms with E-state index in [9.17, 15) is 51.1 Å². The summed E-state index contributed by atoms with van der Waals surface area (Å²) in [7, 11) is 0. The van der Waals surface area contributed by atoms with Crippen molar-refractivity contribution in [2.45, 2.75) is 92.1 Å². The molecule has 0 unspecified atom stereocenters. The molecule has 0 aliphatic carbocycles. The van der Waals surface area contributed by atoms with Gasteiger partial charge in [0, 0.05) is 6.54 Å². The summed E-state index contributed by atoms with van der Waals surface area (Å²) in [5.74, 6) is 0. The molecule has 37 heavy (non-hydrogen) atoms. The lowest BCUT2D eigenvalue weighted by molar-refractivity contribution is -0.365. The summed E-state index contributed by atoms with van der Waals surface area (Å²) in [4.78, 5) is 0. The van der Waals surface area contributed by atoms with Gasteiger partial charge in [-0.2, -0.15) is 0 Å². The number of hydrogen-bond acceptors (Lipinski definition) is 17. The average Bonchev–Trinajstić information content (AvgIpc) is 2.89. The lowest BCUT2D eigenvalue weighted by Crippen LogP contribution is -2.65. The minimum Gasteiger partial charge on any atom is -0.394 e. The normalized spacial score (nSPS) is 49.2. The quantitative estimate of drug-likeness (QED) is 0.121. The van der Waals surface area contributed by atoms with E-state index in [-0.39, 0.29) is 13.2 Å². The third-order valence-corrected chi connectivity index (χ3v) is 6.45. The van der Waals surface area contributed by atoms with Gasteiger partial charge in [0.1, 0.15) is 73.2 Å². The molecule has 3 fully saturated rings. The Balaban J connectivity index is 1.73. The fourth-order valence-electron chi connectivity index (χ4n) is 4.25. The number of aliphatic hydroxyl groups is 10. The fourth-order valence-corrected chi connectivity index (χ4v) is 4.25. The van der Waals surface area contributed by atoms with Gasteiger partial charge in [0.2, 0.25) is 0 Å². The number of nitrogens with two attached hydrogens (primary N) is 1. The minimum atomic E-state index is -1.83. The zero-order valence-corrected chi connectivity index (χ0v) is 19.7. The van der Waals surface area contributed by atoms with Crippen LogP contribution in [0.4, 0.5) is 0 Å². The van der Waals surface area contributed by atoms with Crippen molar-refractivity contribution in [3.8, 4) is 0 Å². The molecule has 218 valence electrons. The molecule has 0 bridgehead atoms. The van der Waals surface area contributed by atoms with Crippen molar-refractivity contribution in [2.24, 2.45) is 5.73 Å². The van der Waals surface area contributed by atoms with Crippen LogP contribution in [0.3, 0.4) is 0 Å². The second-order valence-corrected chi connectivity index (χ2v) is 9.01. The Hall–Kier alpha value is -0.680. The van der Waals surface area contributed by atoms with Crippen LogP contribution < -0.4 is 5.73 Å². The number of ether oxygens (including phenoxy) is 6. The summed E-state index contributed by atoms with van der Waals surface area (Å²) in [6.45, 7) is -2.01. The van der Waals surface area contributed by atoms with Crippen molar-refractivity contribution in [1.82, 2.24) is 0 Å². The number of aliphatic hydroxyl groups excluding tert-OH is 10. The van der Waals surface area contributed by atoms with E-state index in [2.05, 4.69) is 0 Å². The molecule has 3 aliphatic heterocycles. The van der Waals surface area contributed by atoms with Crippen LogP contribution in [0, 0.1) is 0 Å². The highest BCUT2D eigenvalue weighted by Crippen LogP contribution is 2.30. The van der Waals surface area contributed by atoms with E-state index < -0.39 is 112 Å². The van der Waals surface area contributed by atoms with Crippen LogP contribution in [0.1, 0.15) is 0 Å². The number of hydrogen-bond donors (Lipinski definition) is 11. The molecule has 0 aromatic carbocycles. The van der Waals surface area contributed by atoms with Gasteiger partial charge in [0.25, 0.3) is 0 Å². The molecule has 0 amide bonds. The lowest BCUT2D eigenvalue weighted by Gasteiger charge is -2.46. The molecular weight excluding hydrogens is 510 g/mol. The average molecular weight is 548 g/mol. The molecule has 0 radical (unpaired) electrons. The molecule has 0 aromatic rings. The summed E-state index contributed by atoms with van der Waals surface area (Å²) >= 11 is 0. The summed E-state index contributed by atoms with van der Waals surface area (Å²) in [5.41, 5.74) is 5.43. The first-order valence-electron chi connectivity index (χ1n) is 11.8. The first-order chi connectivity index (χ1) is 17.5. The van der Waals surface area contributed by atoms with Gasteiger partial charge < -0.3 is 85.2 Å². The van der Waals surface area contributed by atoms with Gasteiger partial charge in [0.15, 0.2) is 18.9 Å². The Morgan fingerprint density at radius 1 is 0.541 bits per heavy atom. The second kappa shape index (κ2) is 13.6. The summed E-state index contributed by atoms with van der Waals surface area (Å²) in [6, 6.07) is 0. The van der Waals surface area contributed by atoms with E-state index in [0.717, 1.165) is 0 Å². The largest absolute Gasteiger partial charge is 0.394 e. The standard InChI is InChI=1S/C20H37NO16/c21-1-2-32-19-16(31)17(37-20-15(30)13(28)10(25)7(4-23)35-20)11(26)8(36-19)5-33-18-14(29)12(27)9(24)6(3-22)34-18/h6-20,22-31H,1-5,21H2/t6-,7-,8-,9-,10-,11-,12+,13+,14+,15+,16+,17+,18+,19+,20+/m1/s1. The molecule has 3 aliphatic rings. The van der Waals surface area contributed by atoms with Crippen LogP contribution in [0.2, 0.25) is 0 Å². The topological polar surface area (TPSA) is 284 Å². The van der Waals surface area contributed by atoms with Crippen LogP contribution in [-0.2, 0) is 28.4 Å². The highest BCUT2D eigenvalue weighted by Gasteiger charge is 2.52. The van der Waals surface area contributed by atoms with Gasteiger partial charge in [-0.25, -0.2) is 0 Å². The molecule has 17 nitrogen and oxygen atoms in total. The van der Waals surface area contributed by atoms with Gasteiger partial charge in [-0.05, 0) is 0 Å². The molecule has 12 N–H and O–H groups in total. The summed E-state index contributed by atoms with van der Waals surface area (Å²) < 4.78 is 32.4. The van der Waals surface area contributed by atoms with Gasteiger partial charge in [-0.1, -0.05) is 0 Å². The van der Waals surface area contributed by atoms with Crippen LogP contribution in [0.5, 0.6) is 0 Å². The van der Waals surface area contributed by atoms with Crippen LogP contribution in [-0.4, -0.2) is 176 Å². The van der Waals surface area contributed by atoms with Gasteiger partial charge in [-0.3, -0.25) is 0 Å². The molecule has 0 spiro atoms. The van der Waals surface area contributed by atoms with Gasteiger partial charge >= 0.3 is 0 Å². The van der Waals surface area contributed by atoms with E-state index >= 15 is 0 Å². The smallest absolute Gasteiger partial charge is 0.187 e. The van der Waals surface area contributed by atoms with Crippen molar-refractivity contribution in [1.29, 1.82) is 0 Å². The Morgan fingerprint density at radius 2 is 1.03 bits per heavy atom. The zero-order valence-electron chi connectivity index (χ0n) is 19.7. The Bertz CT molecular complexity index is 689. The van der Waals surface area contributed by atoms with E-state index in [1.54, 1.807) is 0 Å². The highest BCUT2D eigenvalue weighted by molar-refractivity contribution is 4.95. The maximum atomic E-state index is 10.9. The van der Waals surface area contributed by atoms with Crippen molar-refractivity contribution in [3.05, 3.63) is 0 Å².